The van der Waals surface area contributed by atoms with E-state index in [0.29, 0.717) is 22.1 Å². The second kappa shape index (κ2) is 8.14. The summed E-state index contributed by atoms with van der Waals surface area (Å²) in [5, 5.41) is 10.9. The Balaban J connectivity index is 1.81. The number of nitrogens with zero attached hydrogens (tertiary/aromatic N) is 3. The summed E-state index contributed by atoms with van der Waals surface area (Å²) in [6.07, 6.45) is 3.12. The molecule has 0 fully saturated rings. The van der Waals surface area contributed by atoms with Gasteiger partial charge in [0.25, 0.3) is 0 Å². The van der Waals surface area contributed by atoms with Gasteiger partial charge in [-0.05, 0) is 62.5 Å². The summed E-state index contributed by atoms with van der Waals surface area (Å²) in [6.45, 7) is 7.19. The molecule has 2 aromatic carbocycles. The zero-order chi connectivity index (χ0) is 19.2. The SMILES string of the molecule is C=N/C=c1/nc(Oc2ccc(Oc3cccc(C)c3)cc2)nc(O)/c1=C/C. The van der Waals surface area contributed by atoms with Gasteiger partial charge >= 0.3 is 6.01 Å². The maximum absolute atomic E-state index is 10.0. The largest absolute Gasteiger partial charge is 0.493 e. The second-order valence-electron chi connectivity index (χ2n) is 5.72. The summed E-state index contributed by atoms with van der Waals surface area (Å²) in [4.78, 5) is 11.9. The molecule has 0 spiro atoms. The first kappa shape index (κ1) is 18.1. The van der Waals surface area contributed by atoms with E-state index in [0.717, 1.165) is 11.3 Å². The van der Waals surface area contributed by atoms with Crippen molar-refractivity contribution in [1.29, 1.82) is 0 Å². The van der Waals surface area contributed by atoms with Crippen molar-refractivity contribution in [3.8, 4) is 29.1 Å². The average molecular weight is 361 g/mol. The van der Waals surface area contributed by atoms with Gasteiger partial charge in [0, 0.05) is 0 Å². The van der Waals surface area contributed by atoms with Gasteiger partial charge in [0.2, 0.25) is 5.88 Å². The molecule has 0 aliphatic rings. The van der Waals surface area contributed by atoms with Gasteiger partial charge in [0.1, 0.15) is 17.2 Å². The Morgan fingerprint density at radius 2 is 1.70 bits per heavy atom. The Hall–Kier alpha value is -3.67. The van der Waals surface area contributed by atoms with Crippen LogP contribution in [0.5, 0.6) is 29.1 Å². The van der Waals surface area contributed by atoms with Crippen LogP contribution in [0.25, 0.3) is 12.3 Å². The van der Waals surface area contributed by atoms with Gasteiger partial charge < -0.3 is 14.6 Å². The highest BCUT2D eigenvalue weighted by molar-refractivity contribution is 5.40. The molecule has 0 atom stereocenters. The average Bonchev–Trinajstić information content (AvgIpc) is 2.64. The Kier molecular flexibility index (Phi) is 5.47. The molecule has 0 radical (unpaired) electrons. The van der Waals surface area contributed by atoms with Gasteiger partial charge in [-0.1, -0.05) is 18.2 Å². The van der Waals surface area contributed by atoms with E-state index >= 15 is 0 Å². The van der Waals surface area contributed by atoms with E-state index in [4.69, 9.17) is 9.47 Å². The summed E-state index contributed by atoms with van der Waals surface area (Å²) in [5.74, 6) is 1.77. The summed E-state index contributed by atoms with van der Waals surface area (Å²) >= 11 is 0. The summed E-state index contributed by atoms with van der Waals surface area (Å²) < 4.78 is 11.4. The number of benzene rings is 2. The van der Waals surface area contributed by atoms with Crippen LogP contribution in [0.15, 0.2) is 53.5 Å². The van der Waals surface area contributed by atoms with Crippen LogP contribution in [0.3, 0.4) is 0 Å². The third-order valence-electron chi connectivity index (χ3n) is 3.69. The molecule has 1 aromatic heterocycles. The van der Waals surface area contributed by atoms with E-state index in [-0.39, 0.29) is 11.9 Å². The lowest BCUT2D eigenvalue weighted by atomic mass is 10.2. The van der Waals surface area contributed by atoms with Crippen LogP contribution in [0, 0.1) is 6.92 Å². The summed E-state index contributed by atoms with van der Waals surface area (Å²) in [7, 11) is 0. The van der Waals surface area contributed by atoms with Gasteiger partial charge in [-0.15, -0.1) is 0 Å². The van der Waals surface area contributed by atoms with E-state index in [1.165, 1.54) is 6.20 Å². The first-order chi connectivity index (χ1) is 13.1. The summed E-state index contributed by atoms with van der Waals surface area (Å²) in [5.41, 5.74) is 1.12. The minimum atomic E-state index is -0.184. The highest BCUT2D eigenvalue weighted by Crippen LogP contribution is 2.25. The molecule has 0 amide bonds. The minimum Gasteiger partial charge on any atom is -0.493 e. The topological polar surface area (TPSA) is 76.8 Å². The third kappa shape index (κ3) is 4.49. The number of aromatic hydroxyl groups is 1. The fourth-order valence-electron chi connectivity index (χ4n) is 2.46. The number of aliphatic imine (C=N–C) groups is 1. The monoisotopic (exact) mass is 361 g/mol. The molecular weight excluding hydrogens is 342 g/mol. The molecule has 0 unspecified atom stereocenters. The van der Waals surface area contributed by atoms with Crippen LogP contribution in [0.2, 0.25) is 0 Å². The zero-order valence-corrected chi connectivity index (χ0v) is 15.1. The van der Waals surface area contributed by atoms with E-state index in [1.807, 2.05) is 31.2 Å². The lowest BCUT2D eigenvalue weighted by Crippen LogP contribution is -2.29. The number of hydrogen-bond acceptors (Lipinski definition) is 6. The van der Waals surface area contributed by atoms with Gasteiger partial charge in [0.05, 0.1) is 16.8 Å². The van der Waals surface area contributed by atoms with Crippen LogP contribution in [0.1, 0.15) is 12.5 Å². The van der Waals surface area contributed by atoms with Crippen molar-refractivity contribution in [1.82, 2.24) is 9.97 Å². The Morgan fingerprint density at radius 1 is 1.00 bits per heavy atom. The van der Waals surface area contributed by atoms with E-state index < -0.39 is 0 Å². The van der Waals surface area contributed by atoms with Crippen molar-refractivity contribution in [2.75, 3.05) is 0 Å². The molecule has 0 aliphatic carbocycles. The smallest absolute Gasteiger partial charge is 0.325 e. The van der Waals surface area contributed by atoms with E-state index in [9.17, 15) is 5.11 Å². The molecule has 0 saturated carbocycles. The van der Waals surface area contributed by atoms with Crippen LogP contribution in [-0.2, 0) is 0 Å². The maximum atomic E-state index is 10.0. The second-order valence-corrected chi connectivity index (χ2v) is 5.72. The zero-order valence-electron chi connectivity index (χ0n) is 15.1. The Labute approximate surface area is 156 Å². The fraction of sp³-hybridized carbons (Fsp3) is 0.0952. The predicted molar refractivity (Wildman–Crippen MR) is 105 cm³/mol. The predicted octanol–water partition coefficient (Wildman–Crippen LogP) is 3.31. The molecule has 0 bridgehead atoms. The molecule has 3 rings (SSSR count). The van der Waals surface area contributed by atoms with Crippen molar-refractivity contribution in [3.63, 3.8) is 0 Å². The van der Waals surface area contributed by atoms with Crippen molar-refractivity contribution < 1.29 is 14.6 Å². The molecule has 1 heterocycles. The first-order valence-electron chi connectivity index (χ1n) is 8.31. The Morgan fingerprint density at radius 3 is 2.33 bits per heavy atom. The number of hydrogen-bond donors (Lipinski definition) is 1. The Bertz CT molecular complexity index is 1080. The lowest BCUT2D eigenvalue weighted by Gasteiger charge is -2.08. The summed E-state index contributed by atoms with van der Waals surface area (Å²) in [6, 6.07) is 14.9. The molecule has 1 N–H and O–H groups in total. The molecular formula is C21H19N3O3. The van der Waals surface area contributed by atoms with Crippen LogP contribution in [0.4, 0.5) is 0 Å². The molecule has 136 valence electrons. The molecule has 6 nitrogen and oxygen atoms in total. The minimum absolute atomic E-state index is 0.0142. The van der Waals surface area contributed by atoms with Crippen LogP contribution < -0.4 is 20.0 Å². The van der Waals surface area contributed by atoms with Gasteiger partial charge in [-0.3, -0.25) is 4.99 Å². The van der Waals surface area contributed by atoms with Crippen LogP contribution in [-0.4, -0.2) is 21.8 Å². The molecule has 27 heavy (non-hydrogen) atoms. The van der Waals surface area contributed by atoms with Crippen molar-refractivity contribution in [3.05, 3.63) is 64.7 Å². The normalized spacial score (nSPS) is 12.1. The van der Waals surface area contributed by atoms with E-state index in [1.54, 1.807) is 37.3 Å². The van der Waals surface area contributed by atoms with Crippen molar-refractivity contribution >= 4 is 19.0 Å². The van der Waals surface area contributed by atoms with Crippen LogP contribution >= 0.6 is 0 Å². The highest BCUT2D eigenvalue weighted by Gasteiger charge is 2.06. The lowest BCUT2D eigenvalue weighted by molar-refractivity contribution is 0.399. The van der Waals surface area contributed by atoms with Crippen molar-refractivity contribution in [2.45, 2.75) is 13.8 Å². The highest BCUT2D eigenvalue weighted by atomic mass is 16.5. The number of rotatable bonds is 5. The standard InChI is InChI=1S/C21H19N3O3/c1-4-18-19(13-22-3)23-21(24-20(18)25)27-16-10-8-15(9-11-16)26-17-7-5-6-14(2)12-17/h4-13H,3H2,1-2H3,(H,23,24,25)/b18-4+,19-13+. The van der Waals surface area contributed by atoms with E-state index in [2.05, 4.69) is 21.7 Å². The first-order valence-corrected chi connectivity index (χ1v) is 8.31. The number of aromatic nitrogens is 2. The van der Waals surface area contributed by atoms with Gasteiger partial charge in [0.15, 0.2) is 0 Å². The van der Waals surface area contributed by atoms with Gasteiger partial charge in [-0.25, -0.2) is 0 Å². The molecule has 0 saturated heterocycles. The fourth-order valence-corrected chi connectivity index (χ4v) is 2.46. The molecule has 3 aromatic rings. The third-order valence-corrected chi connectivity index (χ3v) is 3.69. The number of ether oxygens (including phenoxy) is 2. The number of aryl methyl sites for hydroxylation is 1. The maximum Gasteiger partial charge on any atom is 0.325 e. The van der Waals surface area contributed by atoms with Crippen molar-refractivity contribution in [2.24, 2.45) is 4.99 Å². The van der Waals surface area contributed by atoms with Gasteiger partial charge in [-0.2, -0.15) is 9.97 Å². The molecule has 0 aliphatic heterocycles. The quantitative estimate of drug-likeness (QED) is 0.706. The molecule has 6 heteroatoms.